The summed E-state index contributed by atoms with van der Waals surface area (Å²) in [6, 6.07) is 13.7. The van der Waals surface area contributed by atoms with Crippen molar-refractivity contribution < 1.29 is 9.84 Å². The zero-order valence-electron chi connectivity index (χ0n) is 11.7. The summed E-state index contributed by atoms with van der Waals surface area (Å²) < 4.78 is 6.09. The van der Waals surface area contributed by atoms with Gasteiger partial charge < -0.3 is 9.84 Å². The fraction of sp³-hybridized carbons (Fsp3) is 0.294. The van der Waals surface area contributed by atoms with Crippen molar-refractivity contribution in [2.24, 2.45) is 0 Å². The van der Waals surface area contributed by atoms with Gasteiger partial charge in [-0.1, -0.05) is 29.8 Å². The van der Waals surface area contributed by atoms with Gasteiger partial charge in [0, 0.05) is 29.0 Å². The first-order valence-electron chi connectivity index (χ1n) is 7.09. The Morgan fingerprint density at radius 3 is 2.76 bits per heavy atom. The van der Waals surface area contributed by atoms with E-state index in [-0.39, 0.29) is 11.8 Å². The molecule has 108 valence electrons. The monoisotopic (exact) mass is 301 g/mol. The summed E-state index contributed by atoms with van der Waals surface area (Å²) in [5.74, 6) is 1.85. The SMILES string of the molecule is CN1C[C@@H]2c3ccccc3Oc3ccc(Cl)cc3[C@@H]2C1O. The molecule has 4 rings (SSSR count). The molecule has 0 aliphatic carbocycles. The number of rotatable bonds is 0. The Bertz CT molecular complexity index is 703. The first-order chi connectivity index (χ1) is 10.1. The molecule has 0 saturated carbocycles. The molecule has 2 aliphatic heterocycles. The van der Waals surface area contributed by atoms with Crippen LogP contribution in [0, 0.1) is 0 Å². The van der Waals surface area contributed by atoms with Crippen molar-refractivity contribution in [3.63, 3.8) is 0 Å². The topological polar surface area (TPSA) is 32.7 Å². The third-order valence-electron chi connectivity index (χ3n) is 4.56. The molecule has 3 nitrogen and oxygen atoms in total. The van der Waals surface area contributed by atoms with Crippen LogP contribution < -0.4 is 4.74 Å². The Morgan fingerprint density at radius 2 is 1.90 bits per heavy atom. The van der Waals surface area contributed by atoms with Crippen LogP contribution in [0.3, 0.4) is 0 Å². The van der Waals surface area contributed by atoms with Crippen LogP contribution in [0.2, 0.25) is 5.02 Å². The van der Waals surface area contributed by atoms with Crippen LogP contribution in [0.25, 0.3) is 0 Å². The minimum atomic E-state index is -0.526. The van der Waals surface area contributed by atoms with Gasteiger partial charge in [0.25, 0.3) is 0 Å². The molecule has 2 aromatic carbocycles. The number of hydrogen-bond donors (Lipinski definition) is 1. The number of aliphatic hydroxyl groups excluding tert-OH is 1. The van der Waals surface area contributed by atoms with E-state index in [9.17, 15) is 5.11 Å². The Kier molecular flexibility index (Phi) is 2.96. The highest BCUT2D eigenvalue weighted by molar-refractivity contribution is 6.30. The molecule has 0 spiro atoms. The van der Waals surface area contributed by atoms with Crippen LogP contribution in [0.4, 0.5) is 0 Å². The van der Waals surface area contributed by atoms with Crippen LogP contribution >= 0.6 is 11.6 Å². The normalized spacial score (nSPS) is 27.3. The average molecular weight is 302 g/mol. The lowest BCUT2D eigenvalue weighted by molar-refractivity contribution is 0.0439. The molecule has 1 saturated heterocycles. The number of likely N-dealkylation sites (tertiary alicyclic amines) is 1. The smallest absolute Gasteiger partial charge is 0.131 e. The maximum Gasteiger partial charge on any atom is 0.131 e. The standard InChI is InChI=1S/C17H16ClNO2/c1-19-9-13-11-4-2-3-5-14(11)21-15-7-6-10(18)8-12(15)16(13)17(19)20/h2-8,13,16-17,20H,9H2,1H3/t13-,16+,17?/m1/s1. The van der Waals surface area contributed by atoms with Crippen LogP contribution in [0.15, 0.2) is 42.5 Å². The van der Waals surface area contributed by atoms with Crippen LogP contribution in [0.5, 0.6) is 11.5 Å². The molecule has 0 radical (unpaired) electrons. The Labute approximate surface area is 128 Å². The van der Waals surface area contributed by atoms with Crippen molar-refractivity contribution in [3.05, 3.63) is 58.6 Å². The molecule has 1 fully saturated rings. The maximum atomic E-state index is 10.6. The summed E-state index contributed by atoms with van der Waals surface area (Å²) in [6.07, 6.45) is -0.526. The molecule has 2 heterocycles. The molecule has 2 aliphatic rings. The van der Waals surface area contributed by atoms with Crippen LogP contribution in [0.1, 0.15) is 23.0 Å². The number of fused-ring (bicyclic) bond motifs is 5. The summed E-state index contributed by atoms with van der Waals surface area (Å²) in [5.41, 5.74) is 2.14. The molecular formula is C17H16ClNO2. The Balaban J connectivity index is 1.96. The van der Waals surface area contributed by atoms with Crippen LogP contribution in [-0.2, 0) is 0 Å². The number of ether oxygens (including phenoxy) is 1. The lowest BCUT2D eigenvalue weighted by Crippen LogP contribution is -2.27. The number of benzene rings is 2. The Hall–Kier alpha value is -1.55. The lowest BCUT2D eigenvalue weighted by Gasteiger charge is -2.22. The zero-order chi connectivity index (χ0) is 14.6. The molecule has 1 unspecified atom stereocenters. The molecule has 0 amide bonds. The highest BCUT2D eigenvalue weighted by Crippen LogP contribution is 2.51. The fourth-order valence-electron chi connectivity index (χ4n) is 3.55. The zero-order valence-corrected chi connectivity index (χ0v) is 12.4. The minimum absolute atomic E-state index is 0.0210. The van der Waals surface area contributed by atoms with E-state index in [4.69, 9.17) is 16.3 Å². The van der Waals surface area contributed by atoms with Crippen molar-refractivity contribution in [2.45, 2.75) is 18.1 Å². The molecule has 21 heavy (non-hydrogen) atoms. The number of para-hydroxylation sites is 1. The van der Waals surface area contributed by atoms with Gasteiger partial charge in [-0.25, -0.2) is 0 Å². The number of halogens is 1. The van der Waals surface area contributed by atoms with Crippen molar-refractivity contribution >= 4 is 11.6 Å². The molecule has 0 bridgehead atoms. The summed E-state index contributed by atoms with van der Waals surface area (Å²) in [4.78, 5) is 1.99. The number of aliphatic hydroxyl groups is 1. The van der Waals surface area contributed by atoms with Gasteiger partial charge in [0.2, 0.25) is 0 Å². The van der Waals surface area contributed by atoms with Crippen molar-refractivity contribution in [1.82, 2.24) is 4.90 Å². The quantitative estimate of drug-likeness (QED) is 0.807. The van der Waals surface area contributed by atoms with Gasteiger partial charge >= 0.3 is 0 Å². The van der Waals surface area contributed by atoms with Crippen molar-refractivity contribution in [2.75, 3.05) is 13.6 Å². The van der Waals surface area contributed by atoms with Crippen molar-refractivity contribution in [3.8, 4) is 11.5 Å². The van der Waals surface area contributed by atoms with Gasteiger partial charge in [0.15, 0.2) is 0 Å². The minimum Gasteiger partial charge on any atom is -0.457 e. The summed E-state index contributed by atoms with van der Waals surface area (Å²) in [5, 5.41) is 11.3. The largest absolute Gasteiger partial charge is 0.457 e. The second-order valence-electron chi connectivity index (χ2n) is 5.81. The first-order valence-corrected chi connectivity index (χ1v) is 7.47. The summed E-state index contributed by atoms with van der Waals surface area (Å²) >= 11 is 6.16. The number of nitrogens with zero attached hydrogens (tertiary/aromatic N) is 1. The van der Waals surface area contributed by atoms with E-state index in [0.29, 0.717) is 5.02 Å². The first kappa shape index (κ1) is 13.1. The third-order valence-corrected chi connectivity index (χ3v) is 4.80. The molecule has 1 N–H and O–H groups in total. The lowest BCUT2D eigenvalue weighted by atomic mass is 9.83. The molecule has 3 atom stereocenters. The van der Waals surface area contributed by atoms with Gasteiger partial charge in [-0.2, -0.15) is 0 Å². The predicted molar refractivity (Wildman–Crippen MR) is 82.1 cm³/mol. The summed E-state index contributed by atoms with van der Waals surface area (Å²) in [6.45, 7) is 0.804. The molecule has 2 aromatic rings. The molecule has 0 aromatic heterocycles. The second kappa shape index (κ2) is 4.73. The van der Waals surface area contributed by atoms with Crippen molar-refractivity contribution in [1.29, 1.82) is 0 Å². The van der Waals surface area contributed by atoms with E-state index in [1.807, 2.05) is 48.3 Å². The van der Waals surface area contributed by atoms with E-state index in [1.165, 1.54) is 0 Å². The van der Waals surface area contributed by atoms with Gasteiger partial charge in [-0.05, 0) is 36.9 Å². The number of likely N-dealkylation sites (N-methyl/N-ethyl adjacent to an activating group) is 1. The van der Waals surface area contributed by atoms with E-state index in [1.54, 1.807) is 0 Å². The second-order valence-corrected chi connectivity index (χ2v) is 6.24. The maximum absolute atomic E-state index is 10.6. The van der Waals surface area contributed by atoms with E-state index >= 15 is 0 Å². The van der Waals surface area contributed by atoms with E-state index < -0.39 is 6.23 Å². The molecule has 4 heteroatoms. The average Bonchev–Trinajstić information content (AvgIpc) is 2.70. The van der Waals surface area contributed by atoms with E-state index in [2.05, 4.69) is 6.07 Å². The highest BCUT2D eigenvalue weighted by atomic mass is 35.5. The number of hydrogen-bond acceptors (Lipinski definition) is 3. The highest BCUT2D eigenvalue weighted by Gasteiger charge is 2.44. The third kappa shape index (κ3) is 1.96. The van der Waals surface area contributed by atoms with E-state index in [0.717, 1.165) is 29.2 Å². The fourth-order valence-corrected chi connectivity index (χ4v) is 3.73. The van der Waals surface area contributed by atoms with Gasteiger partial charge in [0.05, 0.1) is 0 Å². The predicted octanol–water partition coefficient (Wildman–Crippen LogP) is 3.58. The van der Waals surface area contributed by atoms with Gasteiger partial charge in [-0.3, -0.25) is 4.90 Å². The summed E-state index contributed by atoms with van der Waals surface area (Å²) in [7, 11) is 1.95. The van der Waals surface area contributed by atoms with Gasteiger partial charge in [-0.15, -0.1) is 0 Å². The van der Waals surface area contributed by atoms with Crippen LogP contribution in [-0.4, -0.2) is 29.8 Å². The molecular weight excluding hydrogens is 286 g/mol. The van der Waals surface area contributed by atoms with Gasteiger partial charge in [0.1, 0.15) is 17.7 Å². The Morgan fingerprint density at radius 1 is 1.14 bits per heavy atom.